The fraction of sp³-hybridized carbons (Fsp3) is 0.588. The van der Waals surface area contributed by atoms with Gasteiger partial charge in [-0.25, -0.2) is 13.2 Å². The van der Waals surface area contributed by atoms with Crippen molar-refractivity contribution in [3.8, 4) is 0 Å². The summed E-state index contributed by atoms with van der Waals surface area (Å²) in [5, 5.41) is 8.66. The minimum absolute atomic E-state index is 0.119. The van der Waals surface area contributed by atoms with E-state index in [2.05, 4.69) is 0 Å². The number of halogens is 3. The lowest BCUT2D eigenvalue weighted by atomic mass is 10.1. The third-order valence-electron chi connectivity index (χ3n) is 4.36. The lowest BCUT2D eigenvalue weighted by Crippen LogP contribution is -2.46. The smallest absolute Gasteiger partial charge is 0.393 e. The quantitative estimate of drug-likeness (QED) is 0.749. The van der Waals surface area contributed by atoms with Crippen LogP contribution in [0.1, 0.15) is 30.4 Å². The number of ether oxygens (including phenoxy) is 1. The molecule has 1 atom stereocenters. The van der Waals surface area contributed by atoms with Gasteiger partial charge in [-0.1, -0.05) is 24.6 Å². The van der Waals surface area contributed by atoms with Gasteiger partial charge in [-0.05, 0) is 30.9 Å². The van der Waals surface area contributed by atoms with E-state index in [1.807, 2.05) is 0 Å². The van der Waals surface area contributed by atoms with E-state index in [9.17, 15) is 26.4 Å². The maximum Gasteiger partial charge on any atom is 0.393 e. The normalized spacial score (nSPS) is 19.2. The molecule has 10 heteroatoms. The molecular formula is C17H22F3NO5S. The zero-order chi connectivity index (χ0) is 20.2. The predicted molar refractivity (Wildman–Crippen MR) is 90.9 cm³/mol. The van der Waals surface area contributed by atoms with Crippen LogP contribution in [0.5, 0.6) is 0 Å². The summed E-state index contributed by atoms with van der Waals surface area (Å²) in [5.74, 6) is -1.17. The largest absolute Gasteiger partial charge is 0.480 e. The van der Waals surface area contributed by atoms with Gasteiger partial charge in [0.25, 0.3) is 0 Å². The number of rotatable bonds is 7. The Hall–Kier alpha value is -1.65. The number of carboxylic acids is 1. The first-order valence-electron chi connectivity index (χ1n) is 8.49. The summed E-state index contributed by atoms with van der Waals surface area (Å²) >= 11 is 0. The fourth-order valence-electron chi connectivity index (χ4n) is 3.29. The van der Waals surface area contributed by atoms with Crippen molar-refractivity contribution in [2.75, 3.05) is 19.8 Å². The Kier molecular flexibility index (Phi) is 6.87. The molecule has 0 spiro atoms. The molecule has 0 amide bonds. The van der Waals surface area contributed by atoms with Gasteiger partial charge < -0.3 is 9.84 Å². The SMILES string of the molecule is Cc1cccc(CC(F)(F)F)c1S(=O)(=O)N1CCCCC1COCC(=O)O. The molecule has 1 saturated heterocycles. The monoisotopic (exact) mass is 409 g/mol. The molecule has 0 bridgehead atoms. The van der Waals surface area contributed by atoms with Crippen LogP contribution >= 0.6 is 0 Å². The Morgan fingerprint density at radius 3 is 2.67 bits per heavy atom. The number of carbonyl (C=O) groups is 1. The first-order valence-corrected chi connectivity index (χ1v) is 9.93. The Morgan fingerprint density at radius 2 is 2.04 bits per heavy atom. The number of alkyl halides is 3. The summed E-state index contributed by atoms with van der Waals surface area (Å²) in [6.45, 7) is 0.940. The number of benzene rings is 1. The van der Waals surface area contributed by atoms with Crippen LogP contribution in [0.3, 0.4) is 0 Å². The van der Waals surface area contributed by atoms with Crippen molar-refractivity contribution in [2.45, 2.75) is 49.7 Å². The highest BCUT2D eigenvalue weighted by molar-refractivity contribution is 7.89. The van der Waals surface area contributed by atoms with Crippen molar-refractivity contribution in [3.05, 3.63) is 29.3 Å². The van der Waals surface area contributed by atoms with Crippen LogP contribution in [-0.2, 0) is 26.0 Å². The fourth-order valence-corrected chi connectivity index (χ4v) is 5.40. The van der Waals surface area contributed by atoms with E-state index >= 15 is 0 Å². The van der Waals surface area contributed by atoms with Crippen molar-refractivity contribution in [1.29, 1.82) is 0 Å². The van der Waals surface area contributed by atoms with Crippen LogP contribution in [0, 0.1) is 6.92 Å². The van der Waals surface area contributed by atoms with E-state index in [4.69, 9.17) is 9.84 Å². The molecule has 0 radical (unpaired) electrons. The van der Waals surface area contributed by atoms with Crippen molar-refractivity contribution >= 4 is 16.0 Å². The molecule has 0 aromatic heterocycles. The maximum absolute atomic E-state index is 13.2. The molecule has 1 unspecified atom stereocenters. The molecule has 1 N–H and O–H groups in total. The third-order valence-corrected chi connectivity index (χ3v) is 6.56. The first-order chi connectivity index (χ1) is 12.5. The van der Waals surface area contributed by atoms with Gasteiger partial charge in [-0.15, -0.1) is 0 Å². The first kappa shape index (κ1) is 21.6. The van der Waals surface area contributed by atoms with E-state index in [1.54, 1.807) is 0 Å². The van der Waals surface area contributed by atoms with Crippen molar-refractivity contribution in [2.24, 2.45) is 0 Å². The molecular weight excluding hydrogens is 387 g/mol. The van der Waals surface area contributed by atoms with E-state index in [-0.39, 0.29) is 29.2 Å². The van der Waals surface area contributed by atoms with E-state index in [0.29, 0.717) is 12.8 Å². The number of aliphatic carboxylic acids is 1. The van der Waals surface area contributed by atoms with Crippen molar-refractivity contribution < 1.29 is 36.2 Å². The molecule has 6 nitrogen and oxygen atoms in total. The van der Waals surface area contributed by atoms with Gasteiger partial charge in [0, 0.05) is 12.6 Å². The van der Waals surface area contributed by atoms with E-state index in [1.165, 1.54) is 25.1 Å². The number of nitrogens with zero attached hydrogens (tertiary/aromatic N) is 1. The zero-order valence-corrected chi connectivity index (χ0v) is 15.6. The molecule has 1 heterocycles. The average molecular weight is 409 g/mol. The van der Waals surface area contributed by atoms with Gasteiger partial charge in [0.05, 0.1) is 17.9 Å². The second-order valence-electron chi connectivity index (χ2n) is 6.53. The summed E-state index contributed by atoms with van der Waals surface area (Å²) in [6.07, 6.45) is -4.11. The van der Waals surface area contributed by atoms with Crippen molar-refractivity contribution in [1.82, 2.24) is 4.31 Å². The zero-order valence-electron chi connectivity index (χ0n) is 14.8. The van der Waals surface area contributed by atoms with Gasteiger partial charge in [-0.2, -0.15) is 17.5 Å². The minimum Gasteiger partial charge on any atom is -0.480 e. The van der Waals surface area contributed by atoms with Crippen LogP contribution in [-0.4, -0.2) is 55.8 Å². The maximum atomic E-state index is 13.2. The van der Waals surface area contributed by atoms with Crippen LogP contribution in [0.4, 0.5) is 13.2 Å². The molecule has 2 rings (SSSR count). The summed E-state index contributed by atoms with van der Waals surface area (Å²) in [6, 6.07) is 3.43. The number of piperidine rings is 1. The van der Waals surface area contributed by atoms with Gasteiger partial charge >= 0.3 is 12.1 Å². The molecule has 1 fully saturated rings. The summed E-state index contributed by atoms with van der Waals surface area (Å²) in [5.41, 5.74) is -0.0502. The van der Waals surface area contributed by atoms with Crippen LogP contribution in [0.25, 0.3) is 0 Å². The molecule has 1 aromatic carbocycles. The van der Waals surface area contributed by atoms with Crippen LogP contribution in [0.15, 0.2) is 23.1 Å². The summed E-state index contributed by atoms with van der Waals surface area (Å²) < 4.78 is 71.4. The number of hydrogen-bond donors (Lipinski definition) is 1. The highest BCUT2D eigenvalue weighted by Crippen LogP contribution is 2.32. The predicted octanol–water partition coefficient (Wildman–Crippen LogP) is 2.74. The van der Waals surface area contributed by atoms with Crippen LogP contribution < -0.4 is 0 Å². The Balaban J connectivity index is 2.36. The molecule has 1 aromatic rings. The average Bonchev–Trinajstić information content (AvgIpc) is 2.53. The third kappa shape index (κ3) is 5.66. The molecule has 1 aliphatic rings. The van der Waals surface area contributed by atoms with Gasteiger partial charge in [-0.3, -0.25) is 0 Å². The number of sulfonamides is 1. The van der Waals surface area contributed by atoms with Crippen LogP contribution in [0.2, 0.25) is 0 Å². The lowest BCUT2D eigenvalue weighted by Gasteiger charge is -2.35. The standard InChI is InChI=1S/C17H22F3NO5S/c1-12-5-4-6-13(9-17(18,19)20)16(12)27(24,25)21-8-3-2-7-14(21)10-26-11-15(22)23/h4-6,14H,2-3,7-11H2,1H3,(H,22,23). The minimum atomic E-state index is -4.54. The molecule has 0 saturated carbocycles. The number of carboxylic acid groups (broad SMARTS) is 1. The summed E-state index contributed by atoms with van der Waals surface area (Å²) in [7, 11) is -4.19. The second kappa shape index (κ2) is 8.57. The van der Waals surface area contributed by atoms with Gasteiger partial charge in [0.2, 0.25) is 10.0 Å². The molecule has 0 aliphatic carbocycles. The van der Waals surface area contributed by atoms with Crippen molar-refractivity contribution in [3.63, 3.8) is 0 Å². The number of aryl methyl sites for hydroxylation is 1. The molecule has 27 heavy (non-hydrogen) atoms. The highest BCUT2D eigenvalue weighted by atomic mass is 32.2. The topological polar surface area (TPSA) is 83.9 Å². The molecule has 1 aliphatic heterocycles. The second-order valence-corrected chi connectivity index (χ2v) is 8.36. The van der Waals surface area contributed by atoms with E-state index < -0.39 is 41.2 Å². The van der Waals surface area contributed by atoms with Gasteiger partial charge in [0.1, 0.15) is 6.61 Å². The Bertz CT molecular complexity index is 779. The lowest BCUT2D eigenvalue weighted by molar-refractivity contribution is -0.142. The Morgan fingerprint density at radius 1 is 1.33 bits per heavy atom. The number of hydrogen-bond acceptors (Lipinski definition) is 4. The van der Waals surface area contributed by atoms with Gasteiger partial charge in [0.15, 0.2) is 0 Å². The highest BCUT2D eigenvalue weighted by Gasteiger charge is 2.38. The summed E-state index contributed by atoms with van der Waals surface area (Å²) in [4.78, 5) is 10.3. The Labute approximate surface area is 156 Å². The van der Waals surface area contributed by atoms with E-state index in [0.717, 1.165) is 10.7 Å². The molecule has 152 valence electrons.